The highest BCUT2D eigenvalue weighted by atomic mass is 16.2. The molecule has 0 aliphatic carbocycles. The number of hydrogen-bond donors (Lipinski definition) is 1. The molecule has 120 valence electrons. The topological polar surface area (TPSA) is 35.6 Å². The third-order valence-electron chi connectivity index (χ3n) is 3.46. The summed E-state index contributed by atoms with van der Waals surface area (Å²) < 4.78 is 0. The Balaban J connectivity index is 0.000000641. The highest BCUT2D eigenvalue weighted by Crippen LogP contribution is 2.16. The van der Waals surface area contributed by atoms with Crippen LogP contribution in [0.1, 0.15) is 59.8 Å². The number of carbonyl (C=O) groups is 1. The molecule has 2 aliphatic heterocycles. The molecule has 1 N–H and O–H groups in total. The monoisotopic (exact) mass is 285 g/mol. The normalized spacial score (nSPS) is 20.4. The second kappa shape index (κ2) is 12.2. The van der Waals surface area contributed by atoms with Crippen molar-refractivity contribution < 1.29 is 4.79 Å². The molecule has 0 atom stereocenters. The van der Waals surface area contributed by atoms with Crippen LogP contribution in [-0.4, -0.2) is 49.0 Å². The molecule has 4 nitrogen and oxygen atoms in total. The predicted octanol–water partition coefficient (Wildman–Crippen LogP) is 2.90. The Kier molecular flexibility index (Phi) is 11.8. The van der Waals surface area contributed by atoms with Gasteiger partial charge in [0.25, 0.3) is 0 Å². The predicted molar refractivity (Wildman–Crippen MR) is 86.5 cm³/mol. The summed E-state index contributed by atoms with van der Waals surface area (Å²) in [5, 5.41) is 2.07. The minimum atomic E-state index is 0.238. The summed E-state index contributed by atoms with van der Waals surface area (Å²) in [4.78, 5) is 14.2. The lowest BCUT2D eigenvalue weighted by atomic mass is 9.97. The molecule has 2 rings (SSSR count). The summed E-state index contributed by atoms with van der Waals surface area (Å²) >= 11 is 0. The van der Waals surface area contributed by atoms with E-state index in [1.807, 2.05) is 13.8 Å². The molecule has 2 aliphatic rings. The number of likely N-dealkylation sites (tertiary alicyclic amines) is 1. The molecule has 1 amide bonds. The molecule has 4 heteroatoms. The van der Waals surface area contributed by atoms with Crippen molar-refractivity contribution >= 4 is 5.91 Å². The average molecular weight is 285 g/mol. The van der Waals surface area contributed by atoms with Crippen LogP contribution < -0.4 is 5.43 Å². The van der Waals surface area contributed by atoms with Crippen LogP contribution in [0.3, 0.4) is 0 Å². The third kappa shape index (κ3) is 7.85. The molecule has 20 heavy (non-hydrogen) atoms. The van der Waals surface area contributed by atoms with Crippen LogP contribution in [0.4, 0.5) is 0 Å². The summed E-state index contributed by atoms with van der Waals surface area (Å²) in [5.74, 6) is 0.479. The number of hydrogen-bond acceptors (Lipinski definition) is 3. The number of carbonyl (C=O) groups excluding carboxylic acids is 1. The van der Waals surface area contributed by atoms with Gasteiger partial charge in [-0.1, -0.05) is 34.1 Å². The first-order valence-electron chi connectivity index (χ1n) is 8.41. The van der Waals surface area contributed by atoms with Gasteiger partial charge in [-0.05, 0) is 45.8 Å². The van der Waals surface area contributed by atoms with E-state index >= 15 is 0 Å². The second-order valence-electron chi connectivity index (χ2n) is 5.45. The maximum Gasteiger partial charge on any atom is 0.237 e. The van der Waals surface area contributed by atoms with Gasteiger partial charge in [-0.15, -0.1) is 0 Å². The molecule has 0 radical (unpaired) electrons. The highest BCUT2D eigenvalue weighted by Gasteiger charge is 2.25. The van der Waals surface area contributed by atoms with E-state index in [0.29, 0.717) is 0 Å². The van der Waals surface area contributed by atoms with Crippen molar-refractivity contribution in [2.24, 2.45) is 5.92 Å². The summed E-state index contributed by atoms with van der Waals surface area (Å²) in [7, 11) is 2.12. The van der Waals surface area contributed by atoms with Gasteiger partial charge < -0.3 is 4.90 Å². The second-order valence-corrected chi connectivity index (χ2v) is 5.45. The smallest absolute Gasteiger partial charge is 0.237 e. The van der Waals surface area contributed by atoms with Crippen LogP contribution in [0.25, 0.3) is 0 Å². The van der Waals surface area contributed by atoms with E-state index in [1.165, 1.54) is 19.3 Å². The Morgan fingerprint density at radius 3 is 1.95 bits per heavy atom. The molecule has 0 unspecified atom stereocenters. The highest BCUT2D eigenvalue weighted by molar-refractivity contribution is 5.78. The average Bonchev–Trinajstić information content (AvgIpc) is 2.95. The van der Waals surface area contributed by atoms with E-state index in [4.69, 9.17) is 0 Å². The quantitative estimate of drug-likeness (QED) is 0.847. The molecule has 2 saturated heterocycles. The fourth-order valence-electron chi connectivity index (χ4n) is 2.35. The summed E-state index contributed by atoms with van der Waals surface area (Å²) in [6.45, 7) is 12.4. The van der Waals surface area contributed by atoms with E-state index in [9.17, 15) is 4.79 Å². The Bertz CT molecular complexity index is 232. The number of rotatable bonds is 2. The van der Waals surface area contributed by atoms with Crippen LogP contribution in [0, 0.1) is 5.92 Å². The molecule has 2 fully saturated rings. The van der Waals surface area contributed by atoms with Crippen LogP contribution >= 0.6 is 0 Å². The lowest BCUT2D eigenvalue weighted by Crippen LogP contribution is -2.46. The summed E-state index contributed by atoms with van der Waals surface area (Å²) in [6, 6.07) is 0. The number of piperidine rings is 1. The van der Waals surface area contributed by atoms with Crippen molar-refractivity contribution in [3.63, 3.8) is 0 Å². The van der Waals surface area contributed by atoms with Crippen molar-refractivity contribution in [3.05, 3.63) is 0 Å². The maximum atomic E-state index is 11.9. The Morgan fingerprint density at radius 1 is 1.05 bits per heavy atom. The van der Waals surface area contributed by atoms with Gasteiger partial charge in [0.1, 0.15) is 0 Å². The van der Waals surface area contributed by atoms with Crippen LogP contribution in [0.2, 0.25) is 0 Å². The first-order chi connectivity index (χ1) is 9.67. The van der Waals surface area contributed by atoms with Crippen LogP contribution in [0.15, 0.2) is 0 Å². The fourth-order valence-corrected chi connectivity index (χ4v) is 2.35. The van der Waals surface area contributed by atoms with Gasteiger partial charge in [0.2, 0.25) is 5.91 Å². The first kappa shape index (κ1) is 19.4. The first-order valence-corrected chi connectivity index (χ1v) is 8.41. The van der Waals surface area contributed by atoms with Crippen molar-refractivity contribution in [1.29, 1.82) is 0 Å². The van der Waals surface area contributed by atoms with Gasteiger partial charge in [-0.3, -0.25) is 10.2 Å². The van der Waals surface area contributed by atoms with E-state index in [2.05, 4.69) is 36.2 Å². The molecule has 0 aromatic rings. The number of nitrogens with one attached hydrogen (secondary N) is 1. The van der Waals surface area contributed by atoms with Crippen molar-refractivity contribution in [3.8, 4) is 0 Å². The molecule has 0 aromatic carbocycles. The number of nitrogens with zero attached hydrogens (tertiary/aromatic N) is 2. The lowest BCUT2D eigenvalue weighted by molar-refractivity contribution is -0.130. The Hall–Kier alpha value is -0.610. The Labute approximate surface area is 125 Å². The molecule has 0 bridgehead atoms. The third-order valence-corrected chi connectivity index (χ3v) is 3.46. The zero-order chi connectivity index (χ0) is 15.4. The van der Waals surface area contributed by atoms with E-state index < -0.39 is 0 Å². The van der Waals surface area contributed by atoms with Gasteiger partial charge in [-0.25, -0.2) is 5.01 Å². The standard InChI is InChI=1S/C11H21N3O.C3H8.C2H6/c1-13-8-4-10(5-9-13)11(15)12-14-6-2-3-7-14;1-3-2;1-2/h10H,2-9H2,1H3,(H,12,15);3H2,1-2H3;1-2H3. The molecule has 0 saturated carbocycles. The van der Waals surface area contributed by atoms with E-state index in [0.717, 1.165) is 39.0 Å². The fraction of sp³-hybridized carbons (Fsp3) is 0.938. The van der Waals surface area contributed by atoms with Crippen molar-refractivity contribution in [2.45, 2.75) is 59.8 Å². The lowest BCUT2D eigenvalue weighted by Gasteiger charge is -2.29. The molecular weight excluding hydrogens is 250 g/mol. The Morgan fingerprint density at radius 2 is 1.50 bits per heavy atom. The van der Waals surface area contributed by atoms with E-state index in [-0.39, 0.29) is 11.8 Å². The van der Waals surface area contributed by atoms with Crippen LogP contribution in [-0.2, 0) is 4.79 Å². The zero-order valence-electron chi connectivity index (χ0n) is 14.2. The van der Waals surface area contributed by atoms with Gasteiger partial charge in [0, 0.05) is 19.0 Å². The molecule has 0 aromatic heterocycles. The molecule has 2 heterocycles. The summed E-state index contributed by atoms with van der Waals surface area (Å²) in [6.07, 6.45) is 5.70. The van der Waals surface area contributed by atoms with Gasteiger partial charge in [0.05, 0.1) is 0 Å². The maximum absolute atomic E-state index is 11.9. The largest absolute Gasteiger partial charge is 0.306 e. The number of amides is 1. The SMILES string of the molecule is CC.CCC.CN1CCC(C(=O)NN2CCCC2)CC1. The molecule has 0 spiro atoms. The number of hydrazine groups is 1. The molecular formula is C16H35N3O. The minimum absolute atomic E-state index is 0.238. The summed E-state index contributed by atoms with van der Waals surface area (Å²) in [5.41, 5.74) is 3.04. The minimum Gasteiger partial charge on any atom is -0.306 e. The van der Waals surface area contributed by atoms with Crippen molar-refractivity contribution in [1.82, 2.24) is 15.3 Å². The van der Waals surface area contributed by atoms with Gasteiger partial charge in [-0.2, -0.15) is 0 Å². The van der Waals surface area contributed by atoms with E-state index in [1.54, 1.807) is 0 Å². The van der Waals surface area contributed by atoms with Gasteiger partial charge >= 0.3 is 0 Å². The van der Waals surface area contributed by atoms with Gasteiger partial charge in [0.15, 0.2) is 0 Å². The van der Waals surface area contributed by atoms with Crippen molar-refractivity contribution in [2.75, 3.05) is 33.2 Å². The zero-order valence-corrected chi connectivity index (χ0v) is 14.2. The van der Waals surface area contributed by atoms with Crippen LogP contribution in [0.5, 0.6) is 0 Å².